The molecule has 1 amide bonds. The third kappa shape index (κ3) is 4.23. The monoisotopic (exact) mass is 493 g/mol. The minimum atomic E-state index is -0.313. The summed E-state index contributed by atoms with van der Waals surface area (Å²) in [7, 11) is 0. The fraction of sp³-hybridized carbons (Fsp3) is 0.0714. The minimum Gasteiger partial charge on any atom is -0.324 e. The molecule has 0 saturated heterocycles. The number of hydrogen-bond donors (Lipinski definition) is 1. The van der Waals surface area contributed by atoms with Crippen LogP contribution in [0.25, 0.3) is 27.5 Å². The molecule has 0 unspecified atom stereocenters. The summed E-state index contributed by atoms with van der Waals surface area (Å²) in [4.78, 5) is 26.6. The van der Waals surface area contributed by atoms with E-state index in [1.165, 1.54) is 17.4 Å². The minimum absolute atomic E-state index is 0.129. The molecule has 0 aliphatic carbocycles. The Kier molecular flexibility index (Phi) is 5.50. The maximum absolute atomic E-state index is 14.3. The first kappa shape index (κ1) is 22.1. The van der Waals surface area contributed by atoms with Crippen LogP contribution in [-0.4, -0.2) is 26.2 Å². The molecule has 0 radical (unpaired) electrons. The molecule has 0 bridgehead atoms. The van der Waals surface area contributed by atoms with Gasteiger partial charge >= 0.3 is 0 Å². The maximum atomic E-state index is 14.3. The average Bonchev–Trinajstić information content (AvgIpc) is 3.50. The first-order chi connectivity index (χ1) is 17.5. The van der Waals surface area contributed by atoms with E-state index in [1.807, 2.05) is 59.5 Å². The van der Waals surface area contributed by atoms with Gasteiger partial charge in [-0.1, -0.05) is 42.5 Å². The SMILES string of the molecule is Cc1cn(-c2nc(-c3cccc(C4=Nc5ccc(-c6ccccc6F)cc5NC(=O)C4)c3)cs2)cn1. The highest BCUT2D eigenvalue weighted by Gasteiger charge is 2.19. The topological polar surface area (TPSA) is 72.2 Å². The highest BCUT2D eigenvalue weighted by molar-refractivity contribution is 7.12. The summed E-state index contributed by atoms with van der Waals surface area (Å²) in [5.41, 5.74) is 6.57. The Labute approximate surface area is 210 Å². The van der Waals surface area contributed by atoms with Gasteiger partial charge in [0, 0.05) is 22.7 Å². The summed E-state index contributed by atoms with van der Waals surface area (Å²) < 4.78 is 16.2. The number of carbonyl (C=O) groups is 1. The number of benzene rings is 3. The Morgan fingerprint density at radius 1 is 1.00 bits per heavy atom. The van der Waals surface area contributed by atoms with Crippen molar-refractivity contribution in [1.82, 2.24) is 14.5 Å². The second-order valence-electron chi connectivity index (χ2n) is 8.51. The van der Waals surface area contributed by atoms with Gasteiger partial charge in [0.2, 0.25) is 5.91 Å². The molecule has 0 fully saturated rings. The van der Waals surface area contributed by atoms with Crippen LogP contribution >= 0.6 is 11.3 Å². The standard InChI is InChI=1S/C28H20FN5OS/c1-17-14-34(16-30-17)28-33-26(15-36-28)20-6-4-5-19(11-20)24-13-27(35)32-25-12-18(9-10-23(25)31-24)21-7-2-3-8-22(21)29/h2-12,14-16H,13H2,1H3,(H,32,35). The Balaban J connectivity index is 1.35. The van der Waals surface area contributed by atoms with E-state index in [4.69, 9.17) is 9.98 Å². The number of halogens is 1. The zero-order chi connectivity index (χ0) is 24.6. The number of fused-ring (bicyclic) bond motifs is 1. The molecule has 1 aliphatic heterocycles. The van der Waals surface area contributed by atoms with Crippen LogP contribution in [0.4, 0.5) is 15.8 Å². The summed E-state index contributed by atoms with van der Waals surface area (Å²) in [6, 6.07) is 19.9. The van der Waals surface area contributed by atoms with Gasteiger partial charge < -0.3 is 5.32 Å². The summed E-state index contributed by atoms with van der Waals surface area (Å²) in [5, 5.41) is 5.77. The van der Waals surface area contributed by atoms with E-state index in [1.54, 1.807) is 30.6 Å². The second kappa shape index (κ2) is 8.98. The van der Waals surface area contributed by atoms with E-state index in [0.29, 0.717) is 28.2 Å². The van der Waals surface area contributed by atoms with Gasteiger partial charge in [-0.25, -0.2) is 14.4 Å². The fourth-order valence-corrected chi connectivity index (χ4v) is 4.97. The molecule has 3 heterocycles. The number of hydrogen-bond acceptors (Lipinski definition) is 5. The van der Waals surface area contributed by atoms with Gasteiger partial charge in [-0.3, -0.25) is 14.4 Å². The van der Waals surface area contributed by atoms with Crippen molar-refractivity contribution < 1.29 is 9.18 Å². The third-order valence-electron chi connectivity index (χ3n) is 5.96. The van der Waals surface area contributed by atoms with Crippen molar-refractivity contribution in [3.63, 3.8) is 0 Å². The van der Waals surface area contributed by atoms with Crippen molar-refractivity contribution in [2.24, 2.45) is 4.99 Å². The highest BCUT2D eigenvalue weighted by Crippen LogP contribution is 2.35. The van der Waals surface area contributed by atoms with Crippen molar-refractivity contribution in [3.8, 4) is 27.5 Å². The summed E-state index contributed by atoms with van der Waals surface area (Å²) in [6.07, 6.45) is 3.82. The van der Waals surface area contributed by atoms with Gasteiger partial charge in [0.25, 0.3) is 0 Å². The number of aromatic nitrogens is 3. The molecule has 0 atom stereocenters. The molecule has 0 spiro atoms. The largest absolute Gasteiger partial charge is 0.324 e. The number of amides is 1. The van der Waals surface area contributed by atoms with Gasteiger partial charge in [0.1, 0.15) is 12.1 Å². The average molecular weight is 494 g/mol. The predicted molar refractivity (Wildman–Crippen MR) is 141 cm³/mol. The third-order valence-corrected chi connectivity index (χ3v) is 6.81. The number of thiazole rings is 1. The Morgan fingerprint density at radius 3 is 2.69 bits per heavy atom. The molecule has 3 aromatic carbocycles. The van der Waals surface area contributed by atoms with E-state index in [2.05, 4.69) is 10.3 Å². The van der Waals surface area contributed by atoms with Gasteiger partial charge in [-0.15, -0.1) is 11.3 Å². The van der Waals surface area contributed by atoms with Crippen molar-refractivity contribution >= 4 is 34.3 Å². The summed E-state index contributed by atoms with van der Waals surface area (Å²) >= 11 is 1.54. The van der Waals surface area contributed by atoms with E-state index in [-0.39, 0.29) is 18.1 Å². The van der Waals surface area contributed by atoms with Gasteiger partial charge in [-0.05, 0) is 42.3 Å². The van der Waals surface area contributed by atoms with Crippen LogP contribution in [0.15, 0.2) is 89.6 Å². The lowest BCUT2D eigenvalue weighted by atomic mass is 10.0. The normalized spacial score (nSPS) is 13.1. The number of carbonyl (C=O) groups excluding carboxylic acids is 1. The molecular weight excluding hydrogens is 473 g/mol. The number of rotatable bonds is 4. The fourth-order valence-electron chi connectivity index (χ4n) is 4.19. The van der Waals surface area contributed by atoms with Crippen LogP contribution in [0.1, 0.15) is 17.7 Å². The lowest BCUT2D eigenvalue weighted by molar-refractivity contribution is -0.115. The molecule has 0 saturated carbocycles. The van der Waals surface area contributed by atoms with Gasteiger partial charge in [-0.2, -0.15) is 0 Å². The molecular formula is C28H20FN5OS. The van der Waals surface area contributed by atoms with Crippen LogP contribution in [0.2, 0.25) is 0 Å². The summed E-state index contributed by atoms with van der Waals surface area (Å²) in [5.74, 6) is -0.484. The number of nitrogens with zero attached hydrogens (tertiary/aromatic N) is 4. The smallest absolute Gasteiger partial charge is 0.230 e. The molecule has 8 heteroatoms. The predicted octanol–water partition coefficient (Wildman–Crippen LogP) is 6.57. The van der Waals surface area contributed by atoms with Crippen LogP contribution in [0.3, 0.4) is 0 Å². The molecule has 6 nitrogen and oxygen atoms in total. The van der Waals surface area contributed by atoms with Crippen LogP contribution in [-0.2, 0) is 4.79 Å². The number of imidazole rings is 1. The van der Waals surface area contributed by atoms with Gasteiger partial charge in [0.05, 0.1) is 34.9 Å². The lowest BCUT2D eigenvalue weighted by Gasteiger charge is -2.09. The molecule has 2 aromatic heterocycles. The molecule has 1 aliphatic rings. The molecule has 176 valence electrons. The number of aryl methyl sites for hydroxylation is 1. The zero-order valence-corrected chi connectivity index (χ0v) is 20.1. The van der Waals surface area contributed by atoms with E-state index in [9.17, 15) is 9.18 Å². The number of anilines is 1. The first-order valence-electron chi connectivity index (χ1n) is 11.4. The Morgan fingerprint density at radius 2 is 1.86 bits per heavy atom. The lowest BCUT2D eigenvalue weighted by Crippen LogP contribution is -2.15. The Bertz CT molecular complexity index is 1650. The molecule has 5 aromatic rings. The Hall–Kier alpha value is -4.43. The van der Waals surface area contributed by atoms with Crippen LogP contribution in [0, 0.1) is 12.7 Å². The van der Waals surface area contributed by atoms with Crippen LogP contribution in [0.5, 0.6) is 0 Å². The highest BCUT2D eigenvalue weighted by atomic mass is 32.1. The number of aliphatic imine (C=N–C) groups is 1. The quantitative estimate of drug-likeness (QED) is 0.308. The van der Waals surface area contributed by atoms with Crippen molar-refractivity contribution in [2.45, 2.75) is 13.3 Å². The molecule has 36 heavy (non-hydrogen) atoms. The first-order valence-corrected chi connectivity index (χ1v) is 12.3. The van der Waals surface area contributed by atoms with Gasteiger partial charge in [0.15, 0.2) is 5.13 Å². The summed E-state index contributed by atoms with van der Waals surface area (Å²) in [6.45, 7) is 1.94. The number of nitrogens with one attached hydrogen (secondary N) is 1. The van der Waals surface area contributed by atoms with E-state index < -0.39 is 0 Å². The molecule has 6 rings (SSSR count). The van der Waals surface area contributed by atoms with Crippen molar-refractivity contribution in [2.75, 3.05) is 5.32 Å². The van der Waals surface area contributed by atoms with Crippen LogP contribution < -0.4 is 5.32 Å². The van der Waals surface area contributed by atoms with E-state index >= 15 is 0 Å². The second-order valence-corrected chi connectivity index (χ2v) is 9.35. The maximum Gasteiger partial charge on any atom is 0.230 e. The molecule has 1 N–H and O–H groups in total. The van der Waals surface area contributed by atoms with E-state index in [0.717, 1.165) is 27.6 Å². The zero-order valence-electron chi connectivity index (χ0n) is 19.3. The van der Waals surface area contributed by atoms with Crippen molar-refractivity contribution in [1.29, 1.82) is 0 Å². The van der Waals surface area contributed by atoms with Crippen molar-refractivity contribution in [3.05, 3.63) is 102 Å².